The molecule has 0 spiro atoms. The first-order valence-electron chi connectivity index (χ1n) is 7.08. The Labute approximate surface area is 140 Å². The highest BCUT2D eigenvalue weighted by Crippen LogP contribution is 2.37. The highest BCUT2D eigenvalue weighted by molar-refractivity contribution is 7.99. The summed E-state index contributed by atoms with van der Waals surface area (Å²) in [7, 11) is 0. The monoisotopic (exact) mass is 337 g/mol. The molecular weight excluding hydrogens is 321 g/mol. The molecule has 0 aromatic heterocycles. The maximum Gasteiger partial charge on any atom is 0.0454 e. The van der Waals surface area contributed by atoms with Gasteiger partial charge in [0.1, 0.15) is 0 Å². The summed E-state index contributed by atoms with van der Waals surface area (Å²) in [6.45, 7) is 2.14. The number of nitrogens with one attached hydrogen (secondary N) is 1. The van der Waals surface area contributed by atoms with Gasteiger partial charge in [-0.1, -0.05) is 41.4 Å². The third-order valence-corrected chi connectivity index (χ3v) is 5.54. The Morgan fingerprint density at radius 3 is 2.86 bits per heavy atom. The molecule has 2 unspecified atom stereocenters. The number of hydrogen-bond acceptors (Lipinski definition) is 2. The molecule has 0 saturated carbocycles. The molecule has 0 amide bonds. The van der Waals surface area contributed by atoms with Gasteiger partial charge in [0.2, 0.25) is 0 Å². The highest BCUT2D eigenvalue weighted by Gasteiger charge is 2.22. The smallest absolute Gasteiger partial charge is 0.0454 e. The largest absolute Gasteiger partial charge is 0.303 e. The van der Waals surface area contributed by atoms with E-state index in [2.05, 4.69) is 36.5 Å². The summed E-state index contributed by atoms with van der Waals surface area (Å²) in [5, 5.41) is 5.19. The fraction of sp³-hybridized carbons (Fsp3) is 0.294. The van der Waals surface area contributed by atoms with Crippen LogP contribution in [0.2, 0.25) is 10.0 Å². The number of fused-ring (bicyclic) bond motifs is 1. The van der Waals surface area contributed by atoms with Crippen LogP contribution in [0, 0.1) is 0 Å². The van der Waals surface area contributed by atoms with Gasteiger partial charge in [-0.05, 0) is 54.5 Å². The molecule has 1 aliphatic rings. The van der Waals surface area contributed by atoms with Gasteiger partial charge in [0.25, 0.3) is 0 Å². The van der Waals surface area contributed by atoms with Crippen molar-refractivity contribution in [3.63, 3.8) is 0 Å². The highest BCUT2D eigenvalue weighted by atomic mass is 35.5. The number of rotatable bonds is 3. The van der Waals surface area contributed by atoms with E-state index >= 15 is 0 Å². The van der Waals surface area contributed by atoms with Crippen molar-refractivity contribution in [2.24, 2.45) is 0 Å². The van der Waals surface area contributed by atoms with Crippen molar-refractivity contribution in [2.75, 3.05) is 5.75 Å². The van der Waals surface area contributed by atoms with Crippen molar-refractivity contribution in [3.8, 4) is 0 Å². The second-order valence-corrected chi connectivity index (χ2v) is 7.26. The molecule has 0 fully saturated rings. The van der Waals surface area contributed by atoms with Crippen molar-refractivity contribution < 1.29 is 0 Å². The maximum absolute atomic E-state index is 6.31. The van der Waals surface area contributed by atoms with Crippen molar-refractivity contribution in [1.82, 2.24) is 5.32 Å². The quantitative estimate of drug-likeness (QED) is 0.750. The standard InChI is InChI=1S/C17H17Cl2NS/c1-11(14-10-12(18)6-7-15(14)19)20-16-8-9-21-17-5-3-2-4-13(16)17/h2-7,10-11,16,20H,8-9H2,1H3. The molecule has 2 atom stereocenters. The van der Waals surface area contributed by atoms with Gasteiger partial charge in [0, 0.05) is 27.0 Å². The van der Waals surface area contributed by atoms with Crippen LogP contribution in [0.25, 0.3) is 0 Å². The molecule has 4 heteroatoms. The fourth-order valence-electron chi connectivity index (χ4n) is 2.75. The SMILES string of the molecule is CC(NC1CCSc2ccccc21)c1cc(Cl)ccc1Cl. The molecule has 110 valence electrons. The first kappa shape index (κ1) is 15.2. The molecule has 1 N–H and O–H groups in total. The van der Waals surface area contributed by atoms with E-state index in [0.717, 1.165) is 27.8 Å². The third-order valence-electron chi connectivity index (χ3n) is 3.83. The second-order valence-electron chi connectivity index (χ2n) is 5.28. The van der Waals surface area contributed by atoms with Crippen LogP contribution >= 0.6 is 35.0 Å². The lowest BCUT2D eigenvalue weighted by molar-refractivity contribution is 0.450. The van der Waals surface area contributed by atoms with Crippen LogP contribution in [-0.2, 0) is 0 Å². The minimum Gasteiger partial charge on any atom is -0.303 e. The topological polar surface area (TPSA) is 12.0 Å². The van der Waals surface area contributed by atoms with Crippen LogP contribution in [0.5, 0.6) is 0 Å². The molecule has 1 heterocycles. The molecule has 2 aromatic carbocycles. The van der Waals surface area contributed by atoms with Gasteiger partial charge in [-0.3, -0.25) is 0 Å². The predicted molar refractivity (Wildman–Crippen MR) is 92.5 cm³/mol. The van der Waals surface area contributed by atoms with Gasteiger partial charge in [0.15, 0.2) is 0 Å². The molecule has 21 heavy (non-hydrogen) atoms. The van der Waals surface area contributed by atoms with Gasteiger partial charge in [-0.2, -0.15) is 0 Å². The molecule has 1 nitrogen and oxygen atoms in total. The number of thioether (sulfide) groups is 1. The normalized spacial score (nSPS) is 19.1. The van der Waals surface area contributed by atoms with Gasteiger partial charge < -0.3 is 5.32 Å². The van der Waals surface area contributed by atoms with Crippen LogP contribution in [0.4, 0.5) is 0 Å². The van der Waals surface area contributed by atoms with E-state index in [9.17, 15) is 0 Å². The van der Waals surface area contributed by atoms with Gasteiger partial charge in [-0.15, -0.1) is 11.8 Å². The summed E-state index contributed by atoms with van der Waals surface area (Å²) in [4.78, 5) is 1.38. The molecule has 3 rings (SSSR count). The Balaban J connectivity index is 1.82. The maximum atomic E-state index is 6.31. The summed E-state index contributed by atoms with van der Waals surface area (Å²) in [5.41, 5.74) is 2.44. The first-order chi connectivity index (χ1) is 10.1. The van der Waals surface area contributed by atoms with E-state index in [1.54, 1.807) is 0 Å². The average molecular weight is 338 g/mol. The minimum atomic E-state index is 0.164. The van der Waals surface area contributed by atoms with E-state index < -0.39 is 0 Å². The van der Waals surface area contributed by atoms with E-state index in [0.29, 0.717) is 6.04 Å². The third kappa shape index (κ3) is 3.40. The zero-order valence-corrected chi connectivity index (χ0v) is 14.1. The van der Waals surface area contributed by atoms with E-state index in [4.69, 9.17) is 23.2 Å². The van der Waals surface area contributed by atoms with E-state index in [1.165, 1.54) is 10.5 Å². The summed E-state index contributed by atoms with van der Waals surface area (Å²) >= 11 is 14.3. The fourth-order valence-corrected chi connectivity index (χ4v) is 4.34. The zero-order valence-electron chi connectivity index (χ0n) is 11.8. The molecule has 0 aliphatic carbocycles. The number of hydrogen-bond donors (Lipinski definition) is 1. The summed E-state index contributed by atoms with van der Waals surface area (Å²) in [6, 6.07) is 14.8. The van der Waals surface area contributed by atoms with Crippen LogP contribution < -0.4 is 5.32 Å². The predicted octanol–water partition coefficient (Wildman–Crippen LogP) is 5.88. The number of benzene rings is 2. The van der Waals surface area contributed by atoms with Gasteiger partial charge in [0.05, 0.1) is 0 Å². The van der Waals surface area contributed by atoms with Crippen molar-refractivity contribution >= 4 is 35.0 Å². The van der Waals surface area contributed by atoms with Gasteiger partial charge >= 0.3 is 0 Å². The lowest BCUT2D eigenvalue weighted by Crippen LogP contribution is -2.27. The molecule has 0 bridgehead atoms. The van der Waals surface area contributed by atoms with E-state index in [-0.39, 0.29) is 6.04 Å². The van der Waals surface area contributed by atoms with Crippen molar-refractivity contribution in [3.05, 3.63) is 63.6 Å². The summed E-state index contributed by atoms with van der Waals surface area (Å²) < 4.78 is 0. The van der Waals surface area contributed by atoms with Gasteiger partial charge in [-0.25, -0.2) is 0 Å². The average Bonchev–Trinajstić information content (AvgIpc) is 2.50. The minimum absolute atomic E-state index is 0.164. The van der Waals surface area contributed by atoms with Crippen molar-refractivity contribution in [2.45, 2.75) is 30.3 Å². The second kappa shape index (κ2) is 6.62. The van der Waals surface area contributed by atoms with E-state index in [1.807, 2.05) is 30.0 Å². The Hall–Kier alpha value is -0.670. The molecule has 0 radical (unpaired) electrons. The molecule has 2 aromatic rings. The Morgan fingerprint density at radius 2 is 2.00 bits per heavy atom. The van der Waals surface area contributed by atoms with Crippen LogP contribution in [0.15, 0.2) is 47.4 Å². The lowest BCUT2D eigenvalue weighted by Gasteiger charge is -2.29. The Morgan fingerprint density at radius 1 is 1.19 bits per heavy atom. The van der Waals surface area contributed by atoms with Crippen LogP contribution in [0.1, 0.15) is 36.6 Å². The molecule has 0 saturated heterocycles. The Bertz CT molecular complexity index is 644. The lowest BCUT2D eigenvalue weighted by atomic mass is 10.0. The van der Waals surface area contributed by atoms with Crippen molar-refractivity contribution in [1.29, 1.82) is 0 Å². The molecule has 1 aliphatic heterocycles. The first-order valence-corrected chi connectivity index (χ1v) is 8.82. The Kier molecular flexibility index (Phi) is 4.80. The summed E-state index contributed by atoms with van der Waals surface area (Å²) in [5.74, 6) is 1.14. The van der Waals surface area contributed by atoms with Crippen LogP contribution in [-0.4, -0.2) is 5.75 Å². The number of halogens is 2. The summed E-state index contributed by atoms with van der Waals surface area (Å²) in [6.07, 6.45) is 1.13. The molecular formula is C17H17Cl2NS. The zero-order chi connectivity index (χ0) is 14.8. The van der Waals surface area contributed by atoms with Crippen LogP contribution in [0.3, 0.4) is 0 Å².